The molecule has 99 heavy (non-hydrogen) atoms. The van der Waals surface area contributed by atoms with E-state index in [2.05, 4.69) is 79.0 Å². The van der Waals surface area contributed by atoms with Crippen LogP contribution in [0.1, 0.15) is 122 Å². The number of aryl methyl sites for hydroxylation is 4. The summed E-state index contributed by atoms with van der Waals surface area (Å²) in [5.74, 6) is 3.97. The zero-order chi connectivity index (χ0) is 72.1. The monoisotopic (exact) mass is 1460 g/mol. The summed E-state index contributed by atoms with van der Waals surface area (Å²) in [4.78, 5) is 1.08. The molecule has 0 aliphatic carbocycles. The lowest BCUT2D eigenvalue weighted by atomic mass is 9.75. The average Bonchev–Trinajstić information content (AvgIpc) is 0.785. The minimum Gasteiger partial charge on any atom is -0.497 e. The summed E-state index contributed by atoms with van der Waals surface area (Å²) in [5, 5.41) is 0. The Labute approximate surface area is 594 Å². The molecule has 2 N–H and O–H groups in total. The first kappa shape index (κ1) is 77.1. The smallest absolute Gasteiger partial charge is 0.265 e. The highest BCUT2D eigenvalue weighted by Gasteiger charge is 2.30. The quantitative estimate of drug-likeness (QED) is 0.0163. The molecule has 0 heterocycles. The van der Waals surface area contributed by atoms with Gasteiger partial charge in [-0.05, 0) is 243 Å². The molecule has 0 amide bonds. The van der Waals surface area contributed by atoms with Crippen LogP contribution in [-0.4, -0.2) is 86.1 Å². The van der Waals surface area contributed by atoms with E-state index in [1.165, 1.54) is 54.9 Å². The Morgan fingerprint density at radius 3 is 1.48 bits per heavy atom. The van der Waals surface area contributed by atoms with E-state index in [1.807, 2.05) is 75.4 Å². The number of sulfone groups is 2. The van der Waals surface area contributed by atoms with Crippen LogP contribution in [0.4, 0.5) is 0 Å². The third-order valence-electron chi connectivity index (χ3n) is 17.4. The Morgan fingerprint density at radius 2 is 0.980 bits per heavy atom. The van der Waals surface area contributed by atoms with Gasteiger partial charge in [-0.15, -0.1) is 11.8 Å². The Morgan fingerprint density at radius 1 is 0.515 bits per heavy atom. The molecule has 0 radical (unpaired) electrons. The average molecular weight is 1460 g/mol. The van der Waals surface area contributed by atoms with Crippen molar-refractivity contribution in [1.29, 1.82) is 0 Å². The Kier molecular flexibility index (Phi) is 25.9. The van der Waals surface area contributed by atoms with Crippen LogP contribution >= 0.6 is 23.5 Å². The second-order valence-electron chi connectivity index (χ2n) is 25.3. The van der Waals surface area contributed by atoms with E-state index in [9.17, 15) is 42.8 Å². The highest BCUT2D eigenvalue weighted by atomic mass is 32.2. The maximum atomic E-state index is 14.2. The van der Waals surface area contributed by atoms with E-state index in [0.717, 1.165) is 92.6 Å². The van der Waals surface area contributed by atoms with Gasteiger partial charge in [-0.1, -0.05) is 95.5 Å². The molecular weight excluding hydrogens is 1370 g/mol. The van der Waals surface area contributed by atoms with Crippen molar-refractivity contribution in [2.75, 3.05) is 43.3 Å². The van der Waals surface area contributed by atoms with Gasteiger partial charge in [-0.2, -0.15) is 28.6 Å². The van der Waals surface area contributed by atoms with E-state index in [4.69, 9.17) is 23.7 Å². The van der Waals surface area contributed by atoms with Crippen molar-refractivity contribution >= 4 is 68.3 Å². The zero-order valence-electron chi connectivity index (χ0n) is 57.7. The van der Waals surface area contributed by atoms with Crippen molar-refractivity contribution in [2.45, 2.75) is 131 Å². The molecule has 526 valence electrons. The Balaban J connectivity index is 0.950. The SMILES string of the molecule is C=C/C(=C\C)OCCCCCCOc1ccc(C(C)(C)c2ccc(Oc3ccc(S(=O)(=O)c4ccc(Oc5c(C)cc(C(C)(C)c6cc(C)c(-c7ccc(S(=O)(=O)c8ccc(OC)cc8)cc7)c(C)c6)cc5C)cc4)cc3)c(CSCCCS(=O)(=O)O)c2)cc1C(=C)SCCS(=O)(=O)O. The first-order chi connectivity index (χ1) is 46.7. The van der Waals surface area contributed by atoms with Crippen molar-refractivity contribution in [3.05, 3.63) is 244 Å². The zero-order valence-corrected chi connectivity index (χ0v) is 62.6. The summed E-state index contributed by atoms with van der Waals surface area (Å²) < 4.78 is 151. The van der Waals surface area contributed by atoms with Crippen LogP contribution in [0.25, 0.3) is 16.0 Å². The Bertz CT molecular complexity index is 4650. The van der Waals surface area contributed by atoms with Gasteiger partial charge in [-0.3, -0.25) is 9.11 Å². The fourth-order valence-electron chi connectivity index (χ4n) is 11.5. The van der Waals surface area contributed by atoms with Crippen LogP contribution in [-0.2, 0) is 61.2 Å². The van der Waals surface area contributed by atoms with Gasteiger partial charge in [-0.25, -0.2) is 16.8 Å². The molecule has 0 aliphatic heterocycles. The maximum absolute atomic E-state index is 14.2. The molecule has 0 bridgehead atoms. The van der Waals surface area contributed by atoms with E-state index in [1.54, 1.807) is 66.7 Å². The van der Waals surface area contributed by atoms with Crippen molar-refractivity contribution in [3.63, 3.8) is 0 Å². The first-order valence-corrected chi connectivity index (χ1v) is 40.7. The molecule has 15 nitrogen and oxygen atoms in total. The summed E-state index contributed by atoms with van der Waals surface area (Å²) >= 11 is 2.68. The lowest BCUT2D eigenvalue weighted by Crippen LogP contribution is -2.20. The van der Waals surface area contributed by atoms with Gasteiger partial charge in [0, 0.05) is 38.4 Å². The number of methoxy groups -OCH3 is 1. The molecule has 0 atom stereocenters. The largest absolute Gasteiger partial charge is 0.497 e. The van der Waals surface area contributed by atoms with Crippen molar-refractivity contribution in [2.24, 2.45) is 0 Å². The normalized spacial score (nSPS) is 12.5. The second kappa shape index (κ2) is 33.3. The standard InChI is InChI=1S/C78H88O15S6/c1-13-64(14-2)90-40-17-15-16-18-41-91-74-39-23-61(51-72(74)57(7)95-43-45-97(82,83)84)77(8,9)60-22-38-73(59(50-60)52-94-42-19-44-96(79,80)81)92-66-26-34-70(35-27-66)99(87,88)71-36-28-67(29-37-71)93-76-55(5)48-63(49-56(76)6)78(10,11)62-46-53(3)75(54(4)47-62)58-20-30-68(31-21-58)98(85,86)69-32-24-65(89-12)25-33-69/h13-14,20-39,46-51H,1,7,15-19,40-45,52H2,2-6,8-12H3,(H,79,80,81)(H,82,83,84)/b64-14+. The summed E-state index contributed by atoms with van der Waals surface area (Å²) in [6.07, 6.45) is 7.32. The minimum atomic E-state index is -4.20. The molecular formula is C78H88O15S6. The van der Waals surface area contributed by atoms with Crippen LogP contribution in [0.15, 0.2) is 208 Å². The van der Waals surface area contributed by atoms with Crippen LogP contribution < -0.4 is 18.9 Å². The molecule has 8 aromatic carbocycles. The summed E-state index contributed by atoms with van der Waals surface area (Å²) in [6, 6.07) is 46.1. The van der Waals surface area contributed by atoms with E-state index < -0.39 is 56.5 Å². The molecule has 0 fully saturated rings. The van der Waals surface area contributed by atoms with Crippen LogP contribution in [0.2, 0.25) is 0 Å². The van der Waals surface area contributed by atoms with Crippen LogP contribution in [0.5, 0.6) is 34.5 Å². The van der Waals surface area contributed by atoms with Crippen molar-refractivity contribution in [1.82, 2.24) is 0 Å². The van der Waals surface area contributed by atoms with Gasteiger partial charge in [0.05, 0.1) is 51.4 Å². The van der Waals surface area contributed by atoms with E-state index in [0.29, 0.717) is 69.7 Å². The van der Waals surface area contributed by atoms with Gasteiger partial charge in [0.15, 0.2) is 0 Å². The summed E-state index contributed by atoms with van der Waals surface area (Å²) in [5.41, 5.74) is 10.2. The number of thioether (sulfide) groups is 2. The first-order valence-electron chi connectivity index (χ1n) is 32.4. The van der Waals surface area contributed by atoms with Crippen LogP contribution in [0.3, 0.4) is 0 Å². The summed E-state index contributed by atoms with van der Waals surface area (Å²) in [7, 11) is -14.6. The number of unbranched alkanes of at least 4 members (excludes halogenated alkanes) is 3. The number of benzene rings is 8. The molecule has 0 unspecified atom stereocenters. The molecule has 8 rings (SSSR count). The molecule has 0 saturated heterocycles. The fraction of sp³-hybridized carbons (Fsp3) is 0.308. The number of hydrogen-bond donors (Lipinski definition) is 2. The van der Waals surface area contributed by atoms with Gasteiger partial charge >= 0.3 is 0 Å². The molecule has 0 aromatic heterocycles. The molecule has 0 spiro atoms. The fourth-order valence-corrected chi connectivity index (χ4v) is 17.4. The second-order valence-corrected chi connectivity index (χ2v) is 34.7. The van der Waals surface area contributed by atoms with Crippen molar-refractivity contribution < 1.29 is 66.5 Å². The molecule has 21 heteroatoms. The predicted molar refractivity (Wildman–Crippen MR) is 400 cm³/mol. The third-order valence-corrected chi connectivity index (χ3v) is 24.8. The van der Waals surface area contributed by atoms with Gasteiger partial charge in [0.2, 0.25) is 19.7 Å². The molecule has 0 aliphatic rings. The van der Waals surface area contributed by atoms with Gasteiger partial charge in [0.25, 0.3) is 20.2 Å². The van der Waals surface area contributed by atoms with Crippen molar-refractivity contribution in [3.8, 4) is 45.6 Å². The maximum Gasteiger partial charge on any atom is 0.265 e. The van der Waals surface area contributed by atoms with E-state index in [-0.39, 0.29) is 37.5 Å². The lowest BCUT2D eigenvalue weighted by molar-refractivity contribution is 0.214. The number of rotatable bonds is 35. The topological polar surface area (TPSA) is 223 Å². The molecule has 8 aromatic rings. The minimum absolute atomic E-state index is 0.0490. The highest BCUT2D eigenvalue weighted by molar-refractivity contribution is 8.08. The highest BCUT2D eigenvalue weighted by Crippen LogP contribution is 2.44. The Hall–Kier alpha value is -7.60. The number of hydrogen-bond acceptors (Lipinski definition) is 15. The van der Waals surface area contributed by atoms with Gasteiger partial charge < -0.3 is 23.7 Å². The molecule has 0 saturated carbocycles. The van der Waals surface area contributed by atoms with Crippen LogP contribution in [0, 0.1) is 27.7 Å². The van der Waals surface area contributed by atoms with Gasteiger partial charge in [0.1, 0.15) is 40.3 Å². The number of ether oxygens (including phenoxy) is 5. The number of allylic oxidation sites excluding steroid dienone is 2. The van der Waals surface area contributed by atoms with E-state index >= 15 is 0 Å². The third kappa shape index (κ3) is 20.1. The lowest BCUT2D eigenvalue weighted by Gasteiger charge is -2.29. The predicted octanol–water partition coefficient (Wildman–Crippen LogP) is 18.6. The summed E-state index contributed by atoms with van der Waals surface area (Å²) in [6.45, 7) is 27.6.